The first-order valence-corrected chi connectivity index (χ1v) is 7.01. The van der Waals surface area contributed by atoms with E-state index in [4.69, 9.17) is 5.73 Å². The Bertz CT molecular complexity index is 591. The molecule has 0 unspecified atom stereocenters. The summed E-state index contributed by atoms with van der Waals surface area (Å²) < 4.78 is 0. The minimum Gasteiger partial charge on any atom is -0.508 e. The molecular weight excluding hydrogens is 264 g/mol. The molecule has 4 nitrogen and oxygen atoms in total. The molecule has 0 aliphatic rings. The second-order valence-electron chi connectivity index (χ2n) is 5.02. The fourth-order valence-electron chi connectivity index (χ4n) is 2.04. The molecular formula is C17H20N2O2. The lowest BCUT2D eigenvalue weighted by Crippen LogP contribution is -2.37. The average Bonchev–Trinajstić information content (AvgIpc) is 2.50. The molecule has 0 heterocycles. The minimum absolute atomic E-state index is 0.202. The smallest absolute Gasteiger partial charge is 0.241 e. The van der Waals surface area contributed by atoms with Gasteiger partial charge >= 0.3 is 0 Å². The number of carbonyl (C=O) groups is 1. The summed E-state index contributed by atoms with van der Waals surface area (Å²) in [7, 11) is 0. The molecule has 0 spiro atoms. The highest BCUT2D eigenvalue weighted by atomic mass is 16.3. The molecule has 0 fully saturated rings. The maximum absolute atomic E-state index is 12.1. The first-order chi connectivity index (χ1) is 10.1. The Kier molecular flexibility index (Phi) is 4.95. The van der Waals surface area contributed by atoms with Crippen molar-refractivity contribution >= 4 is 11.6 Å². The molecule has 2 rings (SSSR count). The zero-order valence-electron chi connectivity index (χ0n) is 12.0. The number of aromatic hydroxyl groups is 1. The fourth-order valence-corrected chi connectivity index (χ4v) is 2.04. The summed E-state index contributed by atoms with van der Waals surface area (Å²) in [5.74, 6) is -0.0138. The first kappa shape index (κ1) is 15.1. The highest BCUT2D eigenvalue weighted by Gasteiger charge is 2.14. The molecule has 4 heteroatoms. The van der Waals surface area contributed by atoms with Gasteiger partial charge in [0.05, 0.1) is 6.04 Å². The maximum Gasteiger partial charge on any atom is 0.241 e. The Balaban J connectivity index is 1.93. The number of phenols is 1. The van der Waals surface area contributed by atoms with E-state index in [-0.39, 0.29) is 11.7 Å². The number of aryl methyl sites for hydroxylation is 1. The molecule has 0 saturated heterocycles. The van der Waals surface area contributed by atoms with Gasteiger partial charge in [-0.25, -0.2) is 0 Å². The molecule has 21 heavy (non-hydrogen) atoms. The molecule has 0 aliphatic heterocycles. The molecule has 2 aromatic rings. The van der Waals surface area contributed by atoms with Gasteiger partial charge in [0.25, 0.3) is 0 Å². The van der Waals surface area contributed by atoms with Gasteiger partial charge in [-0.05, 0) is 48.2 Å². The van der Waals surface area contributed by atoms with E-state index in [9.17, 15) is 9.90 Å². The molecule has 110 valence electrons. The monoisotopic (exact) mass is 284 g/mol. The van der Waals surface area contributed by atoms with Crippen molar-refractivity contribution in [1.29, 1.82) is 0 Å². The third-order valence-electron chi connectivity index (χ3n) is 3.36. The third kappa shape index (κ3) is 4.33. The van der Waals surface area contributed by atoms with Crippen molar-refractivity contribution in [2.45, 2.75) is 25.8 Å². The van der Waals surface area contributed by atoms with E-state index in [0.717, 1.165) is 17.7 Å². The summed E-state index contributed by atoms with van der Waals surface area (Å²) in [6.07, 6.45) is 1.40. The first-order valence-electron chi connectivity index (χ1n) is 7.01. The Morgan fingerprint density at radius 1 is 1.10 bits per heavy atom. The quantitative estimate of drug-likeness (QED) is 0.789. The van der Waals surface area contributed by atoms with Crippen LogP contribution in [0.4, 0.5) is 5.69 Å². The van der Waals surface area contributed by atoms with Gasteiger partial charge < -0.3 is 16.2 Å². The highest BCUT2D eigenvalue weighted by Crippen LogP contribution is 2.13. The predicted octanol–water partition coefficient (Wildman–Crippen LogP) is 2.46. The number of hydrogen-bond acceptors (Lipinski definition) is 3. The lowest BCUT2D eigenvalue weighted by atomic mass is 10.1. The Hall–Kier alpha value is -2.33. The second-order valence-corrected chi connectivity index (χ2v) is 5.02. The number of nitrogens with two attached hydrogens (primary N) is 1. The number of nitrogens with one attached hydrogen (secondary N) is 1. The Morgan fingerprint density at radius 2 is 1.67 bits per heavy atom. The normalized spacial score (nSPS) is 11.9. The molecule has 0 bridgehead atoms. The van der Waals surface area contributed by atoms with E-state index in [0.29, 0.717) is 6.42 Å². The van der Waals surface area contributed by atoms with Crippen molar-refractivity contribution in [1.82, 2.24) is 0 Å². The van der Waals surface area contributed by atoms with Gasteiger partial charge in [0, 0.05) is 5.69 Å². The van der Waals surface area contributed by atoms with Crippen LogP contribution in [-0.2, 0) is 17.6 Å². The van der Waals surface area contributed by atoms with Gasteiger partial charge in [-0.2, -0.15) is 0 Å². The third-order valence-corrected chi connectivity index (χ3v) is 3.36. The largest absolute Gasteiger partial charge is 0.508 e. The van der Waals surface area contributed by atoms with Crippen LogP contribution in [0.5, 0.6) is 5.75 Å². The number of amides is 1. The van der Waals surface area contributed by atoms with Crippen LogP contribution in [0.2, 0.25) is 0 Å². The van der Waals surface area contributed by atoms with Crippen molar-refractivity contribution in [3.05, 3.63) is 59.7 Å². The lowest BCUT2D eigenvalue weighted by Gasteiger charge is -2.12. The van der Waals surface area contributed by atoms with Crippen LogP contribution in [0.25, 0.3) is 0 Å². The number of benzene rings is 2. The van der Waals surface area contributed by atoms with E-state index in [1.54, 1.807) is 24.3 Å². The van der Waals surface area contributed by atoms with Crippen LogP contribution in [0.15, 0.2) is 48.5 Å². The van der Waals surface area contributed by atoms with Gasteiger partial charge in [0.2, 0.25) is 5.91 Å². The molecule has 4 N–H and O–H groups in total. The number of carbonyl (C=O) groups excluding carboxylic acids is 1. The summed E-state index contributed by atoms with van der Waals surface area (Å²) in [4.78, 5) is 12.1. The van der Waals surface area contributed by atoms with Crippen LogP contribution in [0, 0.1) is 0 Å². The van der Waals surface area contributed by atoms with Gasteiger partial charge in [0.1, 0.15) is 5.75 Å². The minimum atomic E-state index is -0.625. The Morgan fingerprint density at radius 3 is 2.24 bits per heavy atom. The van der Waals surface area contributed by atoms with Crippen LogP contribution in [-0.4, -0.2) is 17.1 Å². The molecule has 1 amide bonds. The summed E-state index contributed by atoms with van der Waals surface area (Å²) in [5, 5.41) is 12.0. The Labute approximate surface area is 124 Å². The van der Waals surface area contributed by atoms with Gasteiger partial charge in [0.15, 0.2) is 0 Å². The van der Waals surface area contributed by atoms with Crippen molar-refractivity contribution in [2.75, 3.05) is 5.32 Å². The van der Waals surface area contributed by atoms with Gasteiger partial charge in [-0.1, -0.05) is 31.2 Å². The molecule has 0 radical (unpaired) electrons. The van der Waals surface area contributed by atoms with E-state index in [1.165, 1.54) is 5.56 Å². The van der Waals surface area contributed by atoms with Crippen LogP contribution in [0.3, 0.4) is 0 Å². The second kappa shape index (κ2) is 6.90. The average molecular weight is 284 g/mol. The van der Waals surface area contributed by atoms with Gasteiger partial charge in [-0.15, -0.1) is 0 Å². The van der Waals surface area contributed by atoms with Crippen LogP contribution >= 0.6 is 0 Å². The highest BCUT2D eigenvalue weighted by molar-refractivity contribution is 5.94. The van der Waals surface area contributed by atoms with Crippen LogP contribution in [0.1, 0.15) is 18.1 Å². The van der Waals surface area contributed by atoms with E-state index in [1.807, 2.05) is 24.3 Å². The summed E-state index contributed by atoms with van der Waals surface area (Å²) in [5.41, 5.74) is 8.80. The van der Waals surface area contributed by atoms with Crippen LogP contribution < -0.4 is 11.1 Å². The molecule has 0 saturated carbocycles. The summed E-state index contributed by atoms with van der Waals surface area (Å²) in [6, 6.07) is 13.8. The van der Waals surface area contributed by atoms with Crippen molar-refractivity contribution in [3.8, 4) is 5.75 Å². The van der Waals surface area contributed by atoms with E-state index < -0.39 is 6.04 Å². The predicted molar refractivity (Wildman–Crippen MR) is 84.2 cm³/mol. The van der Waals surface area contributed by atoms with Crippen molar-refractivity contribution in [2.24, 2.45) is 5.73 Å². The molecule has 0 aromatic heterocycles. The summed E-state index contributed by atoms with van der Waals surface area (Å²) in [6.45, 7) is 2.08. The molecule has 2 aromatic carbocycles. The number of hydrogen-bond donors (Lipinski definition) is 3. The van der Waals surface area contributed by atoms with Crippen molar-refractivity contribution < 1.29 is 9.90 Å². The van der Waals surface area contributed by atoms with Crippen molar-refractivity contribution in [3.63, 3.8) is 0 Å². The summed E-state index contributed by atoms with van der Waals surface area (Å²) >= 11 is 0. The zero-order chi connectivity index (χ0) is 15.2. The SMILES string of the molecule is CCc1ccc(NC(=O)[C@@H](N)Cc2ccc(O)cc2)cc1. The van der Waals surface area contributed by atoms with E-state index >= 15 is 0 Å². The molecule has 1 atom stereocenters. The number of phenolic OH excluding ortho intramolecular Hbond substituents is 1. The maximum atomic E-state index is 12.1. The lowest BCUT2D eigenvalue weighted by molar-refractivity contribution is -0.117. The zero-order valence-corrected chi connectivity index (χ0v) is 12.0. The topological polar surface area (TPSA) is 75.4 Å². The standard InChI is InChI=1S/C17H20N2O2/c1-2-12-3-7-14(8-4-12)19-17(21)16(18)11-13-5-9-15(20)10-6-13/h3-10,16,20H,2,11,18H2,1H3,(H,19,21)/t16-/m0/s1. The number of rotatable bonds is 5. The van der Waals surface area contributed by atoms with Gasteiger partial charge in [-0.3, -0.25) is 4.79 Å². The molecule has 0 aliphatic carbocycles. The van der Waals surface area contributed by atoms with E-state index in [2.05, 4.69) is 12.2 Å². The fraction of sp³-hybridized carbons (Fsp3) is 0.235. The number of anilines is 1.